The molecule has 0 heterocycles. The van der Waals surface area contributed by atoms with Crippen LogP contribution in [0.1, 0.15) is 70.6 Å². The molecule has 0 aliphatic heterocycles. The van der Waals surface area contributed by atoms with Crippen LogP contribution in [0.15, 0.2) is 11.1 Å². The summed E-state index contributed by atoms with van der Waals surface area (Å²) in [6, 6.07) is 0. The van der Waals surface area contributed by atoms with E-state index in [1.54, 1.807) is 38.5 Å². The quantitative estimate of drug-likeness (QED) is 0.508. The first-order valence-electron chi connectivity index (χ1n) is 8.10. The first-order valence-corrected chi connectivity index (χ1v) is 8.10. The third-order valence-corrected chi connectivity index (χ3v) is 6.47. The molecule has 0 aromatic heterocycles. The Morgan fingerprint density at radius 1 is 0.588 bits per heavy atom. The average Bonchev–Trinajstić information content (AvgIpc) is 2.92. The van der Waals surface area contributed by atoms with Crippen LogP contribution in [-0.2, 0) is 0 Å². The van der Waals surface area contributed by atoms with Gasteiger partial charge < -0.3 is 0 Å². The summed E-state index contributed by atoms with van der Waals surface area (Å²) < 4.78 is 0. The summed E-state index contributed by atoms with van der Waals surface area (Å²) in [6.45, 7) is 0. The summed E-state index contributed by atoms with van der Waals surface area (Å²) in [5, 5.41) is 0. The molecule has 4 rings (SSSR count). The molecule has 0 spiro atoms. The summed E-state index contributed by atoms with van der Waals surface area (Å²) in [5.74, 6) is 4.46. The lowest BCUT2D eigenvalue weighted by Gasteiger charge is -2.32. The van der Waals surface area contributed by atoms with Crippen LogP contribution in [-0.4, -0.2) is 0 Å². The van der Waals surface area contributed by atoms with Crippen molar-refractivity contribution in [2.24, 2.45) is 23.7 Å². The van der Waals surface area contributed by atoms with Crippen molar-refractivity contribution in [3.8, 4) is 0 Å². The topological polar surface area (TPSA) is 0 Å². The monoisotopic (exact) mass is 230 g/mol. The molecule has 4 aliphatic rings. The smallest absolute Gasteiger partial charge is 0.0286 e. The van der Waals surface area contributed by atoms with E-state index in [2.05, 4.69) is 0 Å². The van der Waals surface area contributed by atoms with Crippen molar-refractivity contribution in [3.63, 3.8) is 0 Å². The fraction of sp³-hybridized carbons (Fsp3) is 0.882. The highest BCUT2D eigenvalue weighted by atomic mass is 14.4. The molecule has 4 atom stereocenters. The molecule has 0 aromatic rings. The number of hydrogen-bond acceptors (Lipinski definition) is 0. The molecule has 0 N–H and O–H groups in total. The van der Waals surface area contributed by atoms with Crippen LogP contribution in [0.25, 0.3) is 0 Å². The van der Waals surface area contributed by atoms with Gasteiger partial charge in [-0.15, -0.1) is 0 Å². The maximum absolute atomic E-state index is 1.92. The number of rotatable bonds is 0. The summed E-state index contributed by atoms with van der Waals surface area (Å²) >= 11 is 0. The zero-order valence-electron chi connectivity index (χ0n) is 11.1. The summed E-state index contributed by atoms with van der Waals surface area (Å²) in [6.07, 6.45) is 16.9. The number of hydrogen-bond donors (Lipinski definition) is 0. The Kier molecular flexibility index (Phi) is 2.59. The summed E-state index contributed by atoms with van der Waals surface area (Å²) in [5.41, 5.74) is 3.83. The first-order chi connectivity index (χ1) is 8.40. The van der Waals surface area contributed by atoms with Crippen molar-refractivity contribution in [2.75, 3.05) is 0 Å². The highest BCUT2D eigenvalue weighted by Gasteiger charge is 2.39. The van der Waals surface area contributed by atoms with Crippen LogP contribution in [0, 0.1) is 23.7 Å². The zero-order valence-corrected chi connectivity index (χ0v) is 11.1. The van der Waals surface area contributed by atoms with E-state index in [-0.39, 0.29) is 0 Å². The molecular weight excluding hydrogens is 204 g/mol. The van der Waals surface area contributed by atoms with Gasteiger partial charge in [0.1, 0.15) is 0 Å². The average molecular weight is 230 g/mol. The first kappa shape index (κ1) is 10.6. The Morgan fingerprint density at radius 3 is 2.18 bits per heavy atom. The molecule has 0 nitrogen and oxygen atoms in total. The van der Waals surface area contributed by atoms with Crippen LogP contribution in [0.5, 0.6) is 0 Å². The molecule has 0 aromatic carbocycles. The van der Waals surface area contributed by atoms with Gasteiger partial charge in [0.05, 0.1) is 0 Å². The minimum Gasteiger partial charge on any atom is -0.0707 e. The summed E-state index contributed by atoms with van der Waals surface area (Å²) in [7, 11) is 0. The molecule has 17 heavy (non-hydrogen) atoms. The van der Waals surface area contributed by atoms with Gasteiger partial charge in [0, 0.05) is 0 Å². The van der Waals surface area contributed by atoms with Crippen molar-refractivity contribution in [2.45, 2.75) is 70.6 Å². The molecule has 4 aliphatic carbocycles. The van der Waals surface area contributed by atoms with Gasteiger partial charge >= 0.3 is 0 Å². The standard InChI is InChI=1S/C17H26/c1-3-12-7-8-16-9-14-5-2-6-15(14)11-17(16)10-13(12)4-1/h12-13,16-17H,1-11H2. The molecule has 94 valence electrons. The normalized spacial score (nSPS) is 45.2. The second kappa shape index (κ2) is 4.14. The van der Waals surface area contributed by atoms with Gasteiger partial charge in [0.25, 0.3) is 0 Å². The van der Waals surface area contributed by atoms with Crippen molar-refractivity contribution < 1.29 is 0 Å². The van der Waals surface area contributed by atoms with Crippen molar-refractivity contribution in [1.29, 1.82) is 0 Å². The van der Waals surface area contributed by atoms with Crippen LogP contribution < -0.4 is 0 Å². The molecule has 0 bridgehead atoms. The van der Waals surface area contributed by atoms with Crippen LogP contribution >= 0.6 is 0 Å². The molecule has 2 saturated carbocycles. The Labute approximate surface area is 106 Å². The van der Waals surface area contributed by atoms with E-state index >= 15 is 0 Å². The van der Waals surface area contributed by atoms with E-state index in [9.17, 15) is 0 Å². The SMILES string of the molecule is C1CC2=C(C1)CC1CC3CCCC3CCC1C2. The molecule has 0 saturated heterocycles. The lowest BCUT2D eigenvalue weighted by molar-refractivity contribution is 0.262. The Morgan fingerprint density at radius 2 is 1.29 bits per heavy atom. The van der Waals surface area contributed by atoms with Gasteiger partial charge in [0.15, 0.2) is 0 Å². The zero-order chi connectivity index (χ0) is 11.2. The fourth-order valence-electron chi connectivity index (χ4n) is 5.56. The third-order valence-electron chi connectivity index (χ3n) is 6.47. The van der Waals surface area contributed by atoms with E-state index in [1.165, 1.54) is 32.1 Å². The minimum atomic E-state index is 1.09. The Hall–Kier alpha value is -0.260. The van der Waals surface area contributed by atoms with Gasteiger partial charge in [-0.25, -0.2) is 0 Å². The molecule has 0 amide bonds. The van der Waals surface area contributed by atoms with E-state index in [4.69, 9.17) is 0 Å². The largest absolute Gasteiger partial charge is 0.0707 e. The predicted octanol–water partition coefficient (Wildman–Crippen LogP) is 5.09. The highest BCUT2D eigenvalue weighted by Crippen LogP contribution is 2.51. The maximum Gasteiger partial charge on any atom is -0.0286 e. The van der Waals surface area contributed by atoms with E-state index in [0.717, 1.165) is 23.7 Å². The second-order valence-electron chi connectivity index (χ2n) is 7.25. The number of allylic oxidation sites excluding steroid dienone is 2. The van der Waals surface area contributed by atoms with E-state index in [1.807, 2.05) is 11.1 Å². The van der Waals surface area contributed by atoms with E-state index in [0.29, 0.717) is 0 Å². The maximum atomic E-state index is 1.92. The van der Waals surface area contributed by atoms with Crippen molar-refractivity contribution >= 4 is 0 Å². The Bertz CT molecular complexity index is 338. The Balaban J connectivity index is 1.55. The molecular formula is C17H26. The molecule has 2 fully saturated rings. The van der Waals surface area contributed by atoms with Crippen LogP contribution in [0.3, 0.4) is 0 Å². The van der Waals surface area contributed by atoms with Crippen molar-refractivity contribution in [3.05, 3.63) is 11.1 Å². The lowest BCUT2D eigenvalue weighted by atomic mass is 9.73. The van der Waals surface area contributed by atoms with Crippen LogP contribution in [0.2, 0.25) is 0 Å². The predicted molar refractivity (Wildman–Crippen MR) is 71.8 cm³/mol. The third kappa shape index (κ3) is 1.79. The van der Waals surface area contributed by atoms with Gasteiger partial charge in [-0.2, -0.15) is 0 Å². The highest BCUT2D eigenvalue weighted by molar-refractivity contribution is 5.24. The van der Waals surface area contributed by atoms with Gasteiger partial charge in [-0.3, -0.25) is 0 Å². The minimum absolute atomic E-state index is 1.09. The van der Waals surface area contributed by atoms with Crippen molar-refractivity contribution in [1.82, 2.24) is 0 Å². The van der Waals surface area contributed by atoms with Gasteiger partial charge in [-0.05, 0) is 75.0 Å². The second-order valence-corrected chi connectivity index (χ2v) is 7.25. The number of fused-ring (bicyclic) bond motifs is 2. The fourth-order valence-corrected chi connectivity index (χ4v) is 5.56. The molecule has 4 unspecified atom stereocenters. The van der Waals surface area contributed by atoms with Gasteiger partial charge in [0.2, 0.25) is 0 Å². The van der Waals surface area contributed by atoms with E-state index < -0.39 is 0 Å². The van der Waals surface area contributed by atoms with Crippen LogP contribution in [0.4, 0.5) is 0 Å². The molecule has 0 heteroatoms. The lowest BCUT2D eigenvalue weighted by Crippen LogP contribution is -2.20. The molecule has 0 radical (unpaired) electrons. The van der Waals surface area contributed by atoms with Gasteiger partial charge in [-0.1, -0.05) is 30.4 Å². The summed E-state index contributed by atoms with van der Waals surface area (Å²) in [4.78, 5) is 0.